The molecule has 6 nitrogen and oxygen atoms in total. The average molecular weight is 243 g/mol. The summed E-state index contributed by atoms with van der Waals surface area (Å²) in [5, 5.41) is 11.2. The fraction of sp³-hybridized carbons (Fsp3) is 0.667. The standard InChI is InChI=1S/C9H13N3O3S/c13-12(14)2-1-8-7-10-9(16-8)11-3-5-15-6-4-11/h7H,1-6H2. The number of anilines is 1. The molecular formula is C9H13N3O3S. The van der Waals surface area contributed by atoms with Crippen LogP contribution >= 0.6 is 11.3 Å². The van der Waals surface area contributed by atoms with Crippen LogP contribution < -0.4 is 4.90 Å². The minimum absolute atomic E-state index is 0.0231. The maximum atomic E-state index is 10.2. The van der Waals surface area contributed by atoms with Crippen LogP contribution in [-0.2, 0) is 11.2 Å². The van der Waals surface area contributed by atoms with Gasteiger partial charge in [-0.25, -0.2) is 4.98 Å². The van der Waals surface area contributed by atoms with E-state index in [1.807, 2.05) is 0 Å². The van der Waals surface area contributed by atoms with E-state index < -0.39 is 0 Å². The van der Waals surface area contributed by atoms with E-state index in [4.69, 9.17) is 4.74 Å². The van der Waals surface area contributed by atoms with Crippen molar-refractivity contribution in [3.05, 3.63) is 21.2 Å². The Labute approximate surface area is 97.0 Å². The lowest BCUT2D eigenvalue weighted by atomic mass is 10.4. The zero-order valence-corrected chi connectivity index (χ0v) is 9.61. The Kier molecular flexibility index (Phi) is 3.68. The molecule has 1 aliphatic rings. The molecule has 7 heteroatoms. The Morgan fingerprint density at radius 3 is 3.00 bits per heavy atom. The van der Waals surface area contributed by atoms with Gasteiger partial charge in [0.25, 0.3) is 0 Å². The van der Waals surface area contributed by atoms with Gasteiger partial charge in [-0.05, 0) is 0 Å². The first kappa shape index (κ1) is 11.3. The molecule has 0 atom stereocenters. The summed E-state index contributed by atoms with van der Waals surface area (Å²) in [4.78, 5) is 17.4. The second kappa shape index (κ2) is 5.22. The third kappa shape index (κ3) is 2.89. The van der Waals surface area contributed by atoms with Crippen LogP contribution in [0.4, 0.5) is 5.13 Å². The number of thiazole rings is 1. The molecule has 2 rings (SSSR count). The molecule has 0 amide bonds. The quantitative estimate of drug-likeness (QED) is 0.578. The van der Waals surface area contributed by atoms with Crippen molar-refractivity contribution in [3.63, 3.8) is 0 Å². The first-order valence-electron chi connectivity index (χ1n) is 5.15. The summed E-state index contributed by atoms with van der Waals surface area (Å²) in [6.07, 6.45) is 2.20. The Morgan fingerprint density at radius 1 is 1.56 bits per heavy atom. The first-order chi connectivity index (χ1) is 7.75. The number of hydrogen-bond donors (Lipinski definition) is 0. The van der Waals surface area contributed by atoms with E-state index in [9.17, 15) is 10.1 Å². The zero-order chi connectivity index (χ0) is 11.4. The number of rotatable bonds is 4. The van der Waals surface area contributed by atoms with Crippen LogP contribution in [0, 0.1) is 10.1 Å². The van der Waals surface area contributed by atoms with Gasteiger partial charge in [0.1, 0.15) is 0 Å². The lowest BCUT2D eigenvalue weighted by Gasteiger charge is -2.25. The molecule has 0 unspecified atom stereocenters. The van der Waals surface area contributed by atoms with Crippen LogP contribution in [0.25, 0.3) is 0 Å². The molecule has 2 heterocycles. The molecule has 1 aliphatic heterocycles. The highest BCUT2D eigenvalue weighted by Crippen LogP contribution is 2.23. The molecule has 0 radical (unpaired) electrons. The monoisotopic (exact) mass is 243 g/mol. The van der Waals surface area contributed by atoms with Gasteiger partial charge in [0, 0.05) is 35.5 Å². The third-order valence-corrected chi connectivity index (χ3v) is 3.48. The molecule has 1 aromatic rings. The van der Waals surface area contributed by atoms with E-state index in [2.05, 4.69) is 9.88 Å². The van der Waals surface area contributed by atoms with Crippen molar-refractivity contribution in [3.8, 4) is 0 Å². The van der Waals surface area contributed by atoms with Gasteiger partial charge in [0.05, 0.1) is 13.2 Å². The minimum atomic E-state index is -0.297. The summed E-state index contributed by atoms with van der Waals surface area (Å²) >= 11 is 1.54. The molecule has 0 saturated carbocycles. The van der Waals surface area contributed by atoms with E-state index in [1.54, 1.807) is 6.20 Å². The number of morpholine rings is 1. The van der Waals surface area contributed by atoms with Gasteiger partial charge >= 0.3 is 0 Å². The molecule has 0 aliphatic carbocycles. The predicted octanol–water partition coefficient (Wildman–Crippen LogP) is 0.799. The maximum absolute atomic E-state index is 10.2. The van der Waals surface area contributed by atoms with Crippen molar-refractivity contribution < 1.29 is 9.66 Å². The van der Waals surface area contributed by atoms with Crippen molar-refractivity contribution >= 4 is 16.5 Å². The highest BCUT2D eigenvalue weighted by Gasteiger charge is 2.15. The number of aromatic nitrogens is 1. The van der Waals surface area contributed by atoms with Crippen molar-refractivity contribution in [1.29, 1.82) is 0 Å². The normalized spacial score (nSPS) is 16.4. The predicted molar refractivity (Wildman–Crippen MR) is 60.7 cm³/mol. The van der Waals surface area contributed by atoms with Crippen molar-refractivity contribution in [2.24, 2.45) is 0 Å². The Bertz CT molecular complexity index is 363. The van der Waals surface area contributed by atoms with Gasteiger partial charge in [-0.15, -0.1) is 11.3 Å². The highest BCUT2D eigenvalue weighted by molar-refractivity contribution is 7.15. The SMILES string of the molecule is O=[N+]([O-])CCc1cnc(N2CCOCC2)s1. The van der Waals surface area contributed by atoms with Gasteiger partial charge in [0.15, 0.2) is 5.13 Å². The number of nitrogens with zero attached hydrogens (tertiary/aromatic N) is 3. The van der Waals surface area contributed by atoms with Gasteiger partial charge in [-0.3, -0.25) is 10.1 Å². The summed E-state index contributed by atoms with van der Waals surface area (Å²) in [6.45, 7) is 3.13. The Balaban J connectivity index is 1.93. The van der Waals surface area contributed by atoms with E-state index in [0.717, 1.165) is 36.3 Å². The Hall–Kier alpha value is -1.21. The molecule has 1 saturated heterocycles. The van der Waals surface area contributed by atoms with Crippen LogP contribution in [0.5, 0.6) is 0 Å². The zero-order valence-electron chi connectivity index (χ0n) is 8.79. The van der Waals surface area contributed by atoms with E-state index in [0.29, 0.717) is 6.42 Å². The molecule has 0 N–H and O–H groups in total. The van der Waals surface area contributed by atoms with Crippen LogP contribution in [0.15, 0.2) is 6.20 Å². The maximum Gasteiger partial charge on any atom is 0.208 e. The molecule has 0 bridgehead atoms. The van der Waals surface area contributed by atoms with Crippen LogP contribution in [0.1, 0.15) is 4.88 Å². The molecule has 88 valence electrons. The summed E-state index contributed by atoms with van der Waals surface area (Å²) in [5.74, 6) is 0. The minimum Gasteiger partial charge on any atom is -0.378 e. The van der Waals surface area contributed by atoms with Crippen molar-refractivity contribution in [2.75, 3.05) is 37.7 Å². The summed E-state index contributed by atoms with van der Waals surface area (Å²) < 4.78 is 5.25. The molecule has 1 fully saturated rings. The summed E-state index contributed by atoms with van der Waals surface area (Å²) in [7, 11) is 0. The molecule has 1 aromatic heterocycles. The fourth-order valence-corrected chi connectivity index (χ4v) is 2.47. The van der Waals surface area contributed by atoms with Gasteiger partial charge < -0.3 is 9.64 Å². The average Bonchev–Trinajstić information content (AvgIpc) is 2.76. The van der Waals surface area contributed by atoms with Gasteiger partial charge in [-0.2, -0.15) is 0 Å². The van der Waals surface area contributed by atoms with Gasteiger partial charge in [0.2, 0.25) is 6.54 Å². The number of nitro groups is 1. The largest absolute Gasteiger partial charge is 0.378 e. The smallest absolute Gasteiger partial charge is 0.208 e. The van der Waals surface area contributed by atoms with Crippen LogP contribution in [0.2, 0.25) is 0 Å². The van der Waals surface area contributed by atoms with E-state index in [-0.39, 0.29) is 11.5 Å². The van der Waals surface area contributed by atoms with E-state index in [1.165, 1.54) is 11.3 Å². The number of ether oxygens (including phenoxy) is 1. The first-order valence-corrected chi connectivity index (χ1v) is 5.96. The summed E-state index contributed by atoms with van der Waals surface area (Å²) in [5.41, 5.74) is 0. The van der Waals surface area contributed by atoms with Crippen LogP contribution in [0.3, 0.4) is 0 Å². The molecule has 16 heavy (non-hydrogen) atoms. The second-order valence-corrected chi connectivity index (χ2v) is 4.61. The second-order valence-electron chi connectivity index (χ2n) is 3.51. The molecular weight excluding hydrogens is 230 g/mol. The lowest BCUT2D eigenvalue weighted by Crippen LogP contribution is -2.36. The van der Waals surface area contributed by atoms with E-state index >= 15 is 0 Å². The van der Waals surface area contributed by atoms with Crippen molar-refractivity contribution in [1.82, 2.24) is 4.98 Å². The lowest BCUT2D eigenvalue weighted by molar-refractivity contribution is -0.479. The number of hydrogen-bond acceptors (Lipinski definition) is 6. The topological polar surface area (TPSA) is 68.5 Å². The summed E-state index contributed by atoms with van der Waals surface area (Å²) in [6, 6.07) is 0. The highest BCUT2D eigenvalue weighted by atomic mass is 32.1. The third-order valence-electron chi connectivity index (χ3n) is 2.36. The molecule has 0 aromatic carbocycles. The fourth-order valence-electron chi connectivity index (χ4n) is 1.52. The van der Waals surface area contributed by atoms with Crippen molar-refractivity contribution in [2.45, 2.75) is 6.42 Å². The van der Waals surface area contributed by atoms with Gasteiger partial charge in [-0.1, -0.05) is 0 Å². The van der Waals surface area contributed by atoms with Crippen LogP contribution in [-0.4, -0.2) is 42.8 Å². The Morgan fingerprint density at radius 2 is 2.31 bits per heavy atom. The molecule has 0 spiro atoms.